The molecule has 0 aliphatic rings. The van der Waals surface area contributed by atoms with Crippen LogP contribution in [0.15, 0.2) is 88.7 Å². The van der Waals surface area contributed by atoms with E-state index in [1.165, 1.54) is 23.1 Å². The molecule has 168 valence electrons. The Morgan fingerprint density at radius 1 is 1.00 bits per heavy atom. The maximum Gasteiger partial charge on any atom is 0.243 e. The Bertz CT molecular complexity index is 1150. The fraction of sp³-hybridized carbons (Fsp3) is 0.208. The molecule has 0 saturated heterocycles. The van der Waals surface area contributed by atoms with Crippen molar-refractivity contribution in [1.29, 1.82) is 0 Å². The number of nitrogens with one attached hydrogen (secondary N) is 1. The summed E-state index contributed by atoms with van der Waals surface area (Å²) in [6, 6.07) is 22.1. The number of carbonyl (C=O) groups is 1. The topological polar surface area (TPSA) is 75.7 Å². The summed E-state index contributed by atoms with van der Waals surface area (Å²) in [5.41, 5.74) is 1.40. The Morgan fingerprint density at radius 2 is 1.62 bits per heavy atom. The molecule has 32 heavy (non-hydrogen) atoms. The Labute approximate surface area is 193 Å². The molecule has 0 spiro atoms. The summed E-state index contributed by atoms with van der Waals surface area (Å²) < 4.78 is 33.0. The molecule has 0 bridgehead atoms. The number of hydrogen-bond donors (Lipinski definition) is 1. The second kappa shape index (κ2) is 10.7. The van der Waals surface area contributed by atoms with Crippen LogP contribution in [0.4, 0.5) is 5.69 Å². The SMILES string of the molecule is COc1ccc([C@@H](CC(=O)Nc2ccccc2SC)N(C)S(=O)(=O)c2ccccc2)cc1. The molecule has 3 rings (SSSR count). The van der Waals surface area contributed by atoms with E-state index in [-0.39, 0.29) is 17.2 Å². The number of thioether (sulfide) groups is 1. The van der Waals surface area contributed by atoms with Gasteiger partial charge in [-0.2, -0.15) is 4.31 Å². The average Bonchev–Trinajstić information content (AvgIpc) is 2.83. The first-order chi connectivity index (χ1) is 15.4. The number of hydrogen-bond acceptors (Lipinski definition) is 5. The fourth-order valence-corrected chi connectivity index (χ4v) is 5.25. The third-order valence-corrected chi connectivity index (χ3v) is 7.80. The highest BCUT2D eigenvalue weighted by Gasteiger charge is 2.31. The molecule has 3 aromatic rings. The van der Waals surface area contributed by atoms with Crippen molar-refractivity contribution in [2.45, 2.75) is 22.3 Å². The van der Waals surface area contributed by atoms with Crippen LogP contribution >= 0.6 is 11.8 Å². The first kappa shape index (κ1) is 23.8. The van der Waals surface area contributed by atoms with Gasteiger partial charge in [-0.15, -0.1) is 11.8 Å². The summed E-state index contributed by atoms with van der Waals surface area (Å²) in [5, 5.41) is 2.92. The van der Waals surface area contributed by atoms with Crippen LogP contribution in [0.3, 0.4) is 0 Å². The van der Waals surface area contributed by atoms with Gasteiger partial charge in [0.2, 0.25) is 15.9 Å². The van der Waals surface area contributed by atoms with Crippen LogP contribution in [0.1, 0.15) is 18.0 Å². The third-order valence-electron chi connectivity index (χ3n) is 5.12. The molecule has 0 aliphatic heterocycles. The summed E-state index contributed by atoms with van der Waals surface area (Å²) in [6.07, 6.45) is 1.89. The van der Waals surface area contributed by atoms with Crippen molar-refractivity contribution in [3.63, 3.8) is 0 Å². The van der Waals surface area contributed by atoms with Gasteiger partial charge in [0.15, 0.2) is 0 Å². The van der Waals surface area contributed by atoms with Gasteiger partial charge in [0, 0.05) is 18.4 Å². The quantitative estimate of drug-likeness (QED) is 0.454. The van der Waals surface area contributed by atoms with Crippen molar-refractivity contribution in [3.05, 3.63) is 84.4 Å². The van der Waals surface area contributed by atoms with E-state index in [1.54, 1.807) is 61.7 Å². The van der Waals surface area contributed by atoms with Gasteiger partial charge in [0.25, 0.3) is 0 Å². The van der Waals surface area contributed by atoms with Gasteiger partial charge in [0.05, 0.1) is 23.7 Å². The third kappa shape index (κ3) is 5.51. The van der Waals surface area contributed by atoms with Crippen molar-refractivity contribution >= 4 is 33.4 Å². The van der Waals surface area contributed by atoms with Crippen LogP contribution in [-0.2, 0) is 14.8 Å². The molecule has 0 fully saturated rings. The van der Waals surface area contributed by atoms with Crippen molar-refractivity contribution in [1.82, 2.24) is 4.31 Å². The van der Waals surface area contributed by atoms with E-state index in [0.29, 0.717) is 17.0 Å². The first-order valence-electron chi connectivity index (χ1n) is 9.96. The molecule has 1 atom stereocenters. The van der Waals surface area contributed by atoms with Gasteiger partial charge in [-0.05, 0) is 48.2 Å². The second-order valence-corrected chi connectivity index (χ2v) is 9.92. The summed E-state index contributed by atoms with van der Waals surface area (Å²) in [7, 11) is -0.750. The molecule has 1 amide bonds. The Kier molecular flexibility index (Phi) is 7.95. The Hall–Kier alpha value is -2.81. The summed E-state index contributed by atoms with van der Waals surface area (Å²) in [4.78, 5) is 14.1. The monoisotopic (exact) mass is 470 g/mol. The fourth-order valence-electron chi connectivity index (χ4n) is 3.33. The van der Waals surface area contributed by atoms with Crippen molar-refractivity contribution < 1.29 is 17.9 Å². The highest BCUT2D eigenvalue weighted by atomic mass is 32.2. The van der Waals surface area contributed by atoms with Crippen molar-refractivity contribution in [2.24, 2.45) is 0 Å². The molecule has 0 aromatic heterocycles. The van der Waals surface area contributed by atoms with Crippen LogP contribution in [0, 0.1) is 0 Å². The number of amides is 1. The lowest BCUT2D eigenvalue weighted by molar-refractivity contribution is -0.117. The summed E-state index contributed by atoms with van der Waals surface area (Å²) >= 11 is 1.53. The number of nitrogens with zero attached hydrogens (tertiary/aromatic N) is 1. The molecule has 0 radical (unpaired) electrons. The minimum Gasteiger partial charge on any atom is -0.497 e. The lowest BCUT2D eigenvalue weighted by Crippen LogP contribution is -2.33. The molecule has 0 unspecified atom stereocenters. The number of ether oxygens (including phenoxy) is 1. The highest BCUT2D eigenvalue weighted by molar-refractivity contribution is 7.98. The molecule has 0 saturated carbocycles. The normalized spacial score (nSPS) is 12.4. The number of methoxy groups -OCH3 is 1. The van der Waals surface area contributed by atoms with Crippen LogP contribution in [-0.4, -0.2) is 39.0 Å². The molecule has 0 aliphatic carbocycles. The van der Waals surface area contributed by atoms with E-state index in [4.69, 9.17) is 4.74 Å². The number of benzene rings is 3. The van der Waals surface area contributed by atoms with Gasteiger partial charge in [-0.25, -0.2) is 8.42 Å². The van der Waals surface area contributed by atoms with E-state index in [1.807, 2.05) is 30.5 Å². The molecule has 8 heteroatoms. The first-order valence-corrected chi connectivity index (χ1v) is 12.6. The van der Waals surface area contributed by atoms with Crippen LogP contribution in [0.5, 0.6) is 5.75 Å². The van der Waals surface area contributed by atoms with Crippen LogP contribution in [0.25, 0.3) is 0 Å². The second-order valence-electron chi connectivity index (χ2n) is 7.08. The van der Waals surface area contributed by atoms with E-state index in [9.17, 15) is 13.2 Å². The predicted octanol–water partition coefficient (Wildman–Crippen LogP) is 4.81. The summed E-state index contributed by atoms with van der Waals surface area (Å²) in [5.74, 6) is 0.377. The number of sulfonamides is 1. The molecular formula is C24H26N2O4S2. The average molecular weight is 471 g/mol. The highest BCUT2D eigenvalue weighted by Crippen LogP contribution is 2.31. The molecule has 6 nitrogen and oxygen atoms in total. The number of rotatable bonds is 9. The Morgan fingerprint density at radius 3 is 2.25 bits per heavy atom. The maximum absolute atomic E-state index is 13.3. The summed E-state index contributed by atoms with van der Waals surface area (Å²) in [6.45, 7) is 0. The molecule has 1 N–H and O–H groups in total. The molecular weight excluding hydrogens is 444 g/mol. The maximum atomic E-state index is 13.3. The van der Waals surface area contributed by atoms with Crippen molar-refractivity contribution in [2.75, 3.05) is 25.7 Å². The number of carbonyl (C=O) groups excluding carboxylic acids is 1. The van der Waals surface area contributed by atoms with Crippen molar-refractivity contribution in [3.8, 4) is 5.75 Å². The van der Waals surface area contributed by atoms with Gasteiger partial charge in [-0.3, -0.25) is 4.79 Å². The van der Waals surface area contributed by atoms with Gasteiger partial charge in [-0.1, -0.05) is 42.5 Å². The zero-order valence-corrected chi connectivity index (χ0v) is 19.8. The van der Waals surface area contributed by atoms with E-state index < -0.39 is 16.1 Å². The standard InChI is InChI=1S/C24H26N2O4S2/c1-26(32(28,29)20-9-5-4-6-10-20)22(18-13-15-19(30-2)16-14-18)17-24(27)25-21-11-7-8-12-23(21)31-3/h4-16,22H,17H2,1-3H3,(H,25,27)/t22-/m1/s1. The number of anilines is 1. The van der Waals surface area contributed by atoms with Gasteiger partial charge < -0.3 is 10.1 Å². The lowest BCUT2D eigenvalue weighted by atomic mass is 10.0. The zero-order chi connectivity index (χ0) is 23.1. The Balaban J connectivity index is 1.92. The van der Waals surface area contributed by atoms with Crippen LogP contribution < -0.4 is 10.1 Å². The smallest absolute Gasteiger partial charge is 0.243 e. The van der Waals surface area contributed by atoms with E-state index >= 15 is 0 Å². The molecule has 0 heterocycles. The zero-order valence-electron chi connectivity index (χ0n) is 18.2. The predicted molar refractivity (Wildman–Crippen MR) is 129 cm³/mol. The van der Waals surface area contributed by atoms with E-state index in [2.05, 4.69) is 5.32 Å². The minimum atomic E-state index is -3.82. The van der Waals surface area contributed by atoms with Gasteiger partial charge in [0.1, 0.15) is 5.75 Å². The minimum absolute atomic E-state index is 0.0440. The largest absolute Gasteiger partial charge is 0.497 e. The molecule has 3 aromatic carbocycles. The van der Waals surface area contributed by atoms with Crippen LogP contribution in [0.2, 0.25) is 0 Å². The lowest BCUT2D eigenvalue weighted by Gasteiger charge is -2.28. The van der Waals surface area contributed by atoms with Gasteiger partial charge >= 0.3 is 0 Å². The number of para-hydroxylation sites is 1. The van der Waals surface area contributed by atoms with E-state index in [0.717, 1.165) is 4.90 Å².